The zero-order valence-corrected chi connectivity index (χ0v) is 12.9. The molecule has 0 saturated heterocycles. The van der Waals surface area contributed by atoms with E-state index in [0.717, 1.165) is 15.2 Å². The maximum absolute atomic E-state index is 6.84. The fraction of sp³-hybridized carbons (Fsp3) is 0. The molecule has 0 amide bonds. The Morgan fingerprint density at radius 1 is 1.05 bits per heavy atom. The molecular formula is C14H7BrClN5. The number of aromatic nitrogens is 3. The lowest BCUT2D eigenvalue weighted by Crippen LogP contribution is -1.96. The molecule has 0 unspecified atom stereocenters. The largest absolute Gasteiger partial charge is 0.359 e. The van der Waals surface area contributed by atoms with Gasteiger partial charge in [-0.05, 0) is 18.2 Å². The Morgan fingerprint density at radius 3 is 2.57 bits per heavy atom. The number of nitrogens with zero attached hydrogens (tertiary/aromatic N) is 4. The molecule has 1 aromatic carbocycles. The summed E-state index contributed by atoms with van der Waals surface area (Å²) in [7, 11) is 0. The van der Waals surface area contributed by atoms with Crippen LogP contribution in [0.1, 0.15) is 0 Å². The second-order valence-electron chi connectivity index (χ2n) is 4.14. The zero-order valence-electron chi connectivity index (χ0n) is 10.5. The third-order valence-corrected chi connectivity index (χ3v) is 3.82. The van der Waals surface area contributed by atoms with Gasteiger partial charge in [0.1, 0.15) is 5.82 Å². The van der Waals surface area contributed by atoms with Crippen LogP contribution in [0.15, 0.2) is 41.3 Å². The van der Waals surface area contributed by atoms with Crippen LogP contribution in [0, 0.1) is 6.57 Å². The van der Waals surface area contributed by atoms with Crippen molar-refractivity contribution >= 4 is 55.8 Å². The van der Waals surface area contributed by atoms with Crippen molar-refractivity contribution in [2.45, 2.75) is 0 Å². The van der Waals surface area contributed by atoms with Crippen molar-refractivity contribution in [1.29, 1.82) is 0 Å². The number of fused-ring (bicyclic) bond motifs is 1. The van der Waals surface area contributed by atoms with E-state index in [1.165, 1.54) is 12.4 Å². The third kappa shape index (κ3) is 2.79. The van der Waals surface area contributed by atoms with Gasteiger partial charge in [-0.3, -0.25) is 0 Å². The van der Waals surface area contributed by atoms with E-state index in [1.807, 2.05) is 18.2 Å². The highest BCUT2D eigenvalue weighted by Gasteiger charge is 2.06. The van der Waals surface area contributed by atoms with Gasteiger partial charge < -0.3 is 10.2 Å². The van der Waals surface area contributed by atoms with E-state index in [4.69, 9.17) is 18.2 Å². The number of anilines is 2. The van der Waals surface area contributed by atoms with E-state index in [-0.39, 0.29) is 5.82 Å². The summed E-state index contributed by atoms with van der Waals surface area (Å²) in [6, 6.07) is 5.58. The molecule has 0 radical (unpaired) electrons. The van der Waals surface area contributed by atoms with Gasteiger partial charge in [0.2, 0.25) is 0 Å². The Balaban J connectivity index is 1.97. The molecular weight excluding hydrogens is 354 g/mol. The second-order valence-corrected chi connectivity index (χ2v) is 5.40. The SMILES string of the molecule is [C-]#[N+]c1cnc(Nc2cc3c(Br)ccc(Cl)c3cn2)cn1. The van der Waals surface area contributed by atoms with Crippen molar-refractivity contribution in [3.05, 3.63) is 57.7 Å². The first-order valence-electron chi connectivity index (χ1n) is 5.87. The lowest BCUT2D eigenvalue weighted by Gasteiger charge is -2.07. The minimum atomic E-state index is 0.251. The Bertz CT molecular complexity index is 858. The van der Waals surface area contributed by atoms with Gasteiger partial charge >= 0.3 is 0 Å². The highest BCUT2D eigenvalue weighted by molar-refractivity contribution is 9.10. The van der Waals surface area contributed by atoms with Crippen LogP contribution in [0.2, 0.25) is 5.02 Å². The number of halogens is 2. The van der Waals surface area contributed by atoms with Crippen molar-refractivity contribution in [1.82, 2.24) is 15.0 Å². The molecule has 2 aromatic heterocycles. The normalized spacial score (nSPS) is 10.3. The van der Waals surface area contributed by atoms with Gasteiger partial charge in [0, 0.05) is 21.4 Å². The van der Waals surface area contributed by atoms with Gasteiger partial charge in [-0.25, -0.2) is 9.97 Å². The summed E-state index contributed by atoms with van der Waals surface area (Å²) in [4.78, 5) is 15.5. The molecule has 2 heterocycles. The Morgan fingerprint density at radius 2 is 1.86 bits per heavy atom. The molecule has 102 valence electrons. The van der Waals surface area contributed by atoms with E-state index < -0.39 is 0 Å². The second kappa shape index (κ2) is 5.64. The molecule has 0 aliphatic rings. The molecule has 5 nitrogen and oxygen atoms in total. The molecule has 1 N–H and O–H groups in total. The molecule has 0 fully saturated rings. The summed E-state index contributed by atoms with van der Waals surface area (Å²) in [5.74, 6) is 1.39. The van der Waals surface area contributed by atoms with Crippen LogP contribution in [0.4, 0.5) is 17.5 Å². The minimum Gasteiger partial charge on any atom is -0.359 e. The molecule has 3 aromatic rings. The standard InChI is InChI=1S/C14H7BrClN5/c1-17-13-6-20-14(7-19-13)21-12-4-8-9(5-18-12)11(16)3-2-10(8)15/h2-7H,(H,18,20,21). The summed E-state index contributed by atoms with van der Waals surface area (Å²) in [6.45, 7) is 6.84. The van der Waals surface area contributed by atoms with Crippen LogP contribution in [0.5, 0.6) is 0 Å². The fourth-order valence-corrected chi connectivity index (χ4v) is 2.49. The van der Waals surface area contributed by atoms with Crippen molar-refractivity contribution in [3.8, 4) is 0 Å². The summed E-state index contributed by atoms with van der Waals surface area (Å²) >= 11 is 9.64. The first-order chi connectivity index (χ1) is 10.2. The summed E-state index contributed by atoms with van der Waals surface area (Å²) < 4.78 is 0.932. The molecule has 0 aliphatic carbocycles. The van der Waals surface area contributed by atoms with Gasteiger partial charge in [0.05, 0.1) is 11.2 Å². The van der Waals surface area contributed by atoms with Crippen LogP contribution in [-0.2, 0) is 0 Å². The predicted octanol–water partition coefficient (Wildman–Crippen LogP) is 4.74. The molecule has 0 saturated carbocycles. The van der Waals surface area contributed by atoms with E-state index in [0.29, 0.717) is 16.7 Å². The van der Waals surface area contributed by atoms with E-state index in [1.54, 1.807) is 6.20 Å². The zero-order chi connectivity index (χ0) is 14.8. The van der Waals surface area contributed by atoms with Gasteiger partial charge in [0.25, 0.3) is 5.82 Å². The van der Waals surface area contributed by atoms with Crippen molar-refractivity contribution in [2.24, 2.45) is 0 Å². The molecule has 21 heavy (non-hydrogen) atoms. The first-order valence-corrected chi connectivity index (χ1v) is 7.05. The van der Waals surface area contributed by atoms with Crippen molar-refractivity contribution < 1.29 is 0 Å². The van der Waals surface area contributed by atoms with Crippen molar-refractivity contribution in [2.75, 3.05) is 5.32 Å². The van der Waals surface area contributed by atoms with Gasteiger partial charge in [-0.15, -0.1) is 4.98 Å². The van der Waals surface area contributed by atoms with Gasteiger partial charge in [-0.1, -0.05) is 34.1 Å². The number of hydrogen-bond acceptors (Lipinski definition) is 4. The molecule has 0 spiro atoms. The van der Waals surface area contributed by atoms with Crippen LogP contribution in [-0.4, -0.2) is 15.0 Å². The third-order valence-electron chi connectivity index (χ3n) is 2.80. The van der Waals surface area contributed by atoms with Crippen molar-refractivity contribution in [3.63, 3.8) is 0 Å². The van der Waals surface area contributed by atoms with E-state index in [2.05, 4.69) is 41.0 Å². The van der Waals surface area contributed by atoms with Gasteiger partial charge in [0.15, 0.2) is 12.0 Å². The quantitative estimate of drug-likeness (QED) is 0.671. The molecule has 0 aliphatic heterocycles. The summed E-state index contributed by atoms with van der Waals surface area (Å²) in [5.41, 5.74) is 0. The number of rotatable bonds is 2. The average molecular weight is 361 g/mol. The number of pyridine rings is 1. The molecule has 0 bridgehead atoms. The predicted molar refractivity (Wildman–Crippen MR) is 86.0 cm³/mol. The van der Waals surface area contributed by atoms with Gasteiger partial charge in [-0.2, -0.15) is 0 Å². The van der Waals surface area contributed by atoms with Crippen LogP contribution in [0.3, 0.4) is 0 Å². The highest BCUT2D eigenvalue weighted by atomic mass is 79.9. The molecule has 7 heteroatoms. The van der Waals surface area contributed by atoms with Crippen LogP contribution < -0.4 is 5.32 Å². The topological polar surface area (TPSA) is 55.1 Å². The fourth-order valence-electron chi connectivity index (χ4n) is 1.81. The Hall–Kier alpha value is -2.23. The maximum atomic E-state index is 6.84. The lowest BCUT2D eigenvalue weighted by molar-refractivity contribution is 1.20. The first kappa shape index (κ1) is 13.7. The molecule has 3 rings (SSSR count). The Labute approximate surface area is 134 Å². The monoisotopic (exact) mass is 359 g/mol. The Kier molecular flexibility index (Phi) is 3.69. The number of benzene rings is 1. The maximum Gasteiger partial charge on any atom is 0.288 e. The van der Waals surface area contributed by atoms with E-state index in [9.17, 15) is 0 Å². The van der Waals surface area contributed by atoms with E-state index >= 15 is 0 Å². The smallest absolute Gasteiger partial charge is 0.288 e. The summed E-state index contributed by atoms with van der Waals surface area (Å²) in [6.07, 6.45) is 4.60. The van der Waals surface area contributed by atoms with Crippen LogP contribution >= 0.6 is 27.5 Å². The molecule has 0 atom stereocenters. The summed E-state index contributed by atoms with van der Waals surface area (Å²) in [5, 5.41) is 5.51. The number of nitrogens with one attached hydrogen (secondary N) is 1. The number of hydrogen-bond donors (Lipinski definition) is 1. The van der Waals surface area contributed by atoms with Crippen LogP contribution in [0.25, 0.3) is 15.6 Å². The minimum absolute atomic E-state index is 0.251. The lowest BCUT2D eigenvalue weighted by atomic mass is 10.2. The highest BCUT2D eigenvalue weighted by Crippen LogP contribution is 2.31. The average Bonchev–Trinajstić information content (AvgIpc) is 2.52.